The molecule has 1 aromatic carbocycles. The molecule has 6 nitrogen and oxygen atoms in total. The van der Waals surface area contributed by atoms with Crippen molar-refractivity contribution >= 4 is 17.7 Å². The van der Waals surface area contributed by atoms with Gasteiger partial charge < -0.3 is 14.2 Å². The normalized spacial score (nSPS) is 20.6. The Morgan fingerprint density at radius 3 is 1.08 bits per heavy atom. The van der Waals surface area contributed by atoms with Gasteiger partial charge in [-0.05, 0) is 18.2 Å². The third kappa shape index (κ3) is 2.56. The molecule has 0 spiro atoms. The van der Waals surface area contributed by atoms with Crippen LogP contribution in [0.25, 0.3) is 0 Å². The van der Waals surface area contributed by atoms with Gasteiger partial charge in [0.2, 0.25) is 0 Å². The van der Waals surface area contributed by atoms with Crippen molar-refractivity contribution in [2.75, 3.05) is 60.6 Å². The van der Waals surface area contributed by atoms with Crippen LogP contribution in [0.3, 0.4) is 0 Å². The molecule has 0 radical (unpaired) electrons. The van der Waals surface area contributed by atoms with E-state index in [9.17, 15) is 0 Å². The predicted octanol–water partition coefficient (Wildman–Crippen LogP) is -0.0561. The Labute approximate surface area is 141 Å². The van der Waals surface area contributed by atoms with Gasteiger partial charge >= 0.3 is 17.7 Å². The van der Waals surface area contributed by atoms with Gasteiger partial charge in [0.15, 0.2) is 39.5 Å². The van der Waals surface area contributed by atoms with Crippen molar-refractivity contribution in [2.45, 2.75) is 0 Å². The third-order valence-corrected chi connectivity index (χ3v) is 4.71. The molecule has 0 aliphatic carbocycles. The summed E-state index contributed by atoms with van der Waals surface area (Å²) < 4.78 is 24.0. The lowest BCUT2D eigenvalue weighted by molar-refractivity contribution is -0.486. The predicted molar refractivity (Wildman–Crippen MR) is 89.8 cm³/mol. The van der Waals surface area contributed by atoms with Crippen molar-refractivity contribution in [2.24, 2.45) is 0 Å². The molecule has 3 heterocycles. The van der Waals surface area contributed by atoms with Crippen LogP contribution in [0.1, 0.15) is 16.7 Å². The zero-order chi connectivity index (χ0) is 16.7. The van der Waals surface area contributed by atoms with Gasteiger partial charge in [-0.25, -0.2) is 0 Å². The van der Waals surface area contributed by atoms with Gasteiger partial charge in [-0.15, -0.1) is 0 Å². The van der Waals surface area contributed by atoms with Crippen molar-refractivity contribution < 1.29 is 27.9 Å². The minimum atomic E-state index is 0.728. The van der Waals surface area contributed by atoms with E-state index in [0.717, 1.165) is 73.8 Å². The second-order valence-electron chi connectivity index (χ2n) is 6.52. The monoisotopic (exact) mass is 330 g/mol. The Morgan fingerprint density at radius 1 is 0.583 bits per heavy atom. The lowest BCUT2D eigenvalue weighted by atomic mass is 10.0. The highest BCUT2D eigenvalue weighted by Crippen LogP contribution is 2.18. The fourth-order valence-electron chi connectivity index (χ4n) is 3.38. The minimum Gasteiger partial charge on any atom is -0.438 e. The van der Waals surface area contributed by atoms with E-state index >= 15 is 0 Å². The maximum Gasteiger partial charge on any atom is 0.370 e. The first-order valence-electron chi connectivity index (χ1n) is 8.42. The topological polar surface area (TPSA) is 36.7 Å². The second-order valence-corrected chi connectivity index (χ2v) is 6.52. The molecule has 0 atom stereocenters. The van der Waals surface area contributed by atoms with Gasteiger partial charge in [-0.2, -0.15) is 13.7 Å². The van der Waals surface area contributed by atoms with Crippen LogP contribution in [0, 0.1) is 0 Å². The van der Waals surface area contributed by atoms with Crippen molar-refractivity contribution in [3.63, 3.8) is 0 Å². The number of rotatable bonds is 3. The first-order chi connectivity index (χ1) is 11.6. The Morgan fingerprint density at radius 2 is 0.875 bits per heavy atom. The van der Waals surface area contributed by atoms with Crippen LogP contribution in [-0.4, -0.2) is 92.0 Å². The van der Waals surface area contributed by atoms with Crippen molar-refractivity contribution in [1.29, 1.82) is 0 Å². The molecule has 0 amide bonds. The molecular weight excluding hydrogens is 306 g/mol. The highest BCUT2D eigenvalue weighted by Gasteiger charge is 2.31. The quantitative estimate of drug-likeness (QED) is 0.729. The third-order valence-electron chi connectivity index (χ3n) is 4.71. The second kappa shape index (κ2) is 5.92. The Bertz CT molecular complexity index is 676. The van der Waals surface area contributed by atoms with Gasteiger partial charge in [-0.3, -0.25) is 0 Å². The summed E-state index contributed by atoms with van der Waals surface area (Å²) in [7, 11) is 6.18. The van der Waals surface area contributed by atoms with Crippen LogP contribution >= 0.6 is 0 Å². The molecule has 4 rings (SSSR count). The molecule has 0 saturated carbocycles. The molecule has 0 unspecified atom stereocenters. The number of likely N-dealkylation sites (N-methyl/N-ethyl adjacent to an activating group) is 3. The summed E-state index contributed by atoms with van der Waals surface area (Å²) in [5, 5.41) is 0. The summed E-state index contributed by atoms with van der Waals surface area (Å²) in [6, 6.07) is 6.44. The highest BCUT2D eigenvalue weighted by atomic mass is 16.5. The van der Waals surface area contributed by atoms with E-state index < -0.39 is 0 Å². The number of hydrogen-bond acceptors (Lipinski definition) is 3. The SMILES string of the molecule is C[N+]1=C(c2cc(C3=[N+](C)CCO3)cc(C3=[N+](C)CCO3)c2)OCC1. The fraction of sp³-hybridized carbons (Fsp3) is 0.500. The largest absolute Gasteiger partial charge is 0.438 e. The molecule has 0 N–H and O–H groups in total. The lowest BCUT2D eigenvalue weighted by Gasteiger charge is -2.06. The van der Waals surface area contributed by atoms with E-state index in [4.69, 9.17) is 14.2 Å². The molecule has 3 aliphatic rings. The van der Waals surface area contributed by atoms with Gasteiger partial charge in [0.25, 0.3) is 0 Å². The maximum atomic E-state index is 5.86. The fourth-order valence-corrected chi connectivity index (χ4v) is 3.38. The van der Waals surface area contributed by atoms with Crippen molar-refractivity contribution in [3.05, 3.63) is 34.9 Å². The average molecular weight is 330 g/mol. The molecule has 0 saturated heterocycles. The van der Waals surface area contributed by atoms with Crippen LogP contribution in [0.5, 0.6) is 0 Å². The smallest absolute Gasteiger partial charge is 0.370 e. The zero-order valence-electron chi connectivity index (χ0n) is 14.5. The number of nitrogens with zero attached hydrogens (tertiary/aromatic N) is 3. The van der Waals surface area contributed by atoms with Crippen molar-refractivity contribution in [1.82, 2.24) is 0 Å². The van der Waals surface area contributed by atoms with E-state index in [1.807, 2.05) is 0 Å². The van der Waals surface area contributed by atoms with Gasteiger partial charge in [0, 0.05) is 0 Å². The standard InChI is InChI=1S/C18H24N3O3/c1-19-4-7-22-16(19)13-10-14(17-20(2)5-8-23-17)12-15(11-13)18-21(3)6-9-24-18/h10-12H,4-9H2,1-3H3/q+3. The van der Waals surface area contributed by atoms with Crippen LogP contribution in [0.4, 0.5) is 0 Å². The van der Waals surface area contributed by atoms with Gasteiger partial charge in [-0.1, -0.05) is 0 Å². The molecule has 0 fully saturated rings. The zero-order valence-corrected chi connectivity index (χ0v) is 14.5. The Kier molecular flexibility index (Phi) is 3.75. The summed E-state index contributed by atoms with van der Waals surface area (Å²) >= 11 is 0. The van der Waals surface area contributed by atoms with Crippen LogP contribution in [0.15, 0.2) is 18.2 Å². The molecule has 24 heavy (non-hydrogen) atoms. The maximum absolute atomic E-state index is 5.86. The number of ether oxygens (including phenoxy) is 3. The lowest BCUT2D eigenvalue weighted by Crippen LogP contribution is -2.19. The van der Waals surface area contributed by atoms with E-state index in [1.165, 1.54) is 0 Å². The molecule has 126 valence electrons. The van der Waals surface area contributed by atoms with Gasteiger partial charge in [0.05, 0.1) is 16.7 Å². The first kappa shape index (κ1) is 15.2. The molecule has 0 aromatic heterocycles. The minimum absolute atomic E-state index is 0.728. The van der Waals surface area contributed by atoms with Crippen molar-refractivity contribution in [3.8, 4) is 0 Å². The summed E-state index contributed by atoms with van der Waals surface area (Å²) in [6.45, 7) is 4.92. The summed E-state index contributed by atoms with van der Waals surface area (Å²) in [4.78, 5) is 0. The molecule has 0 bridgehead atoms. The van der Waals surface area contributed by atoms with E-state index in [-0.39, 0.29) is 0 Å². The Balaban J connectivity index is 1.87. The molecular formula is C18H24N3O3+3. The number of hydrogen-bond donors (Lipinski definition) is 0. The van der Waals surface area contributed by atoms with E-state index in [1.54, 1.807) is 0 Å². The summed E-state index contributed by atoms with van der Waals surface area (Å²) in [5.74, 6) is 2.75. The molecule has 1 aromatic rings. The average Bonchev–Trinajstić information content (AvgIpc) is 3.28. The van der Waals surface area contributed by atoms with Crippen LogP contribution in [-0.2, 0) is 14.2 Å². The first-order valence-corrected chi connectivity index (χ1v) is 8.42. The number of benzene rings is 1. The molecule has 6 heteroatoms. The highest BCUT2D eigenvalue weighted by molar-refractivity contribution is 6.01. The van der Waals surface area contributed by atoms with E-state index in [2.05, 4.69) is 53.1 Å². The Hall–Kier alpha value is -2.37. The molecule has 3 aliphatic heterocycles. The van der Waals surface area contributed by atoms with E-state index in [0.29, 0.717) is 0 Å². The summed E-state index contributed by atoms with van der Waals surface area (Å²) in [5.41, 5.74) is 3.20. The van der Waals surface area contributed by atoms with Crippen LogP contribution in [0.2, 0.25) is 0 Å². The summed E-state index contributed by atoms with van der Waals surface area (Å²) in [6.07, 6.45) is 0. The van der Waals surface area contributed by atoms with Gasteiger partial charge in [0.1, 0.15) is 21.1 Å². The van der Waals surface area contributed by atoms with Crippen LogP contribution < -0.4 is 0 Å².